The lowest BCUT2D eigenvalue weighted by Gasteiger charge is -2.56. The summed E-state index contributed by atoms with van der Waals surface area (Å²) in [5.41, 5.74) is 3.52. The van der Waals surface area contributed by atoms with Gasteiger partial charge in [0.2, 0.25) is 11.8 Å². The highest BCUT2D eigenvalue weighted by atomic mass is 32.2. The van der Waals surface area contributed by atoms with Gasteiger partial charge in [-0.2, -0.15) is 4.98 Å². The number of rotatable bonds is 7. The van der Waals surface area contributed by atoms with Crippen LogP contribution in [0.2, 0.25) is 0 Å². The molecule has 3 aliphatic rings. The maximum atomic E-state index is 14.5. The molecule has 1 amide bonds. The van der Waals surface area contributed by atoms with Crippen molar-refractivity contribution in [1.29, 1.82) is 0 Å². The van der Waals surface area contributed by atoms with Crippen LogP contribution in [0.25, 0.3) is 11.3 Å². The van der Waals surface area contributed by atoms with Gasteiger partial charge in [-0.3, -0.25) is 9.53 Å². The zero-order valence-corrected chi connectivity index (χ0v) is 29.6. The fourth-order valence-electron chi connectivity index (χ4n) is 7.72. The van der Waals surface area contributed by atoms with Gasteiger partial charge in [0.1, 0.15) is 6.61 Å². The van der Waals surface area contributed by atoms with Crippen LogP contribution in [0.3, 0.4) is 0 Å². The average Bonchev–Trinajstić information content (AvgIpc) is 3.02. The van der Waals surface area contributed by atoms with Crippen LogP contribution in [0.15, 0.2) is 53.4 Å². The molecule has 2 fully saturated rings. The maximum Gasteiger partial charge on any atom is 0.522 e. The van der Waals surface area contributed by atoms with Crippen LogP contribution in [-0.2, 0) is 14.8 Å². The number of hydrogen-bond donors (Lipinski definition) is 1. The van der Waals surface area contributed by atoms with E-state index in [0.717, 1.165) is 42.4 Å². The van der Waals surface area contributed by atoms with Crippen molar-refractivity contribution in [3.8, 4) is 17.1 Å². The average molecular weight is 716 g/mol. The Morgan fingerprint density at radius 1 is 1.04 bits per heavy atom. The molecule has 3 aromatic rings. The van der Waals surface area contributed by atoms with E-state index in [1.807, 2.05) is 41.8 Å². The summed E-state index contributed by atoms with van der Waals surface area (Å²) in [6, 6.07) is 13.1. The molecule has 1 saturated heterocycles. The van der Waals surface area contributed by atoms with Crippen molar-refractivity contribution >= 4 is 21.9 Å². The topological polar surface area (TPSA) is 114 Å². The number of amides is 1. The van der Waals surface area contributed by atoms with E-state index in [1.165, 1.54) is 12.1 Å². The first-order valence-electron chi connectivity index (χ1n) is 17.1. The molecule has 2 aliphatic heterocycles. The molecule has 0 unspecified atom stereocenters. The van der Waals surface area contributed by atoms with Crippen LogP contribution >= 0.6 is 0 Å². The molecular formula is C36H44F3N5O5S. The van der Waals surface area contributed by atoms with Gasteiger partial charge in [0.15, 0.2) is 0 Å². The zero-order chi connectivity index (χ0) is 35.8. The summed E-state index contributed by atoms with van der Waals surface area (Å²) in [5.74, 6) is -0.00324. The number of benzene rings is 2. The number of nitrogens with one attached hydrogen (secondary N) is 1. The third kappa shape index (κ3) is 8.07. The number of ether oxygens (including phenoxy) is 2. The number of carbonyl (C=O) groups excluding carboxylic acids is 1. The quantitative estimate of drug-likeness (QED) is 0.292. The Morgan fingerprint density at radius 2 is 1.72 bits per heavy atom. The number of halogens is 3. The Kier molecular flexibility index (Phi) is 10.2. The summed E-state index contributed by atoms with van der Waals surface area (Å²) >= 11 is 0. The van der Waals surface area contributed by atoms with E-state index >= 15 is 0 Å². The predicted molar refractivity (Wildman–Crippen MR) is 182 cm³/mol. The van der Waals surface area contributed by atoms with Gasteiger partial charge in [0.05, 0.1) is 23.2 Å². The number of nitrogens with zero attached hydrogens (tertiary/aromatic N) is 4. The summed E-state index contributed by atoms with van der Waals surface area (Å²) in [6.07, 6.45) is -0.886. The van der Waals surface area contributed by atoms with Crippen molar-refractivity contribution in [2.45, 2.75) is 83.1 Å². The third-order valence-electron chi connectivity index (χ3n) is 10.2. The number of alkyl halides is 3. The molecule has 1 atom stereocenters. The standard InChI is InChI=1S/C36H44F3N5O5S/c1-23(2)17-27-22-48-31-19-30(32-24(3)7-5-8-25(32)4)40-34(41-31)42-50(46,47)29-10-6-9-26(18-29)33(45)44(27)28-20-35(21-28)11-13-43(14-12-35)15-16-49-36(37,38)39/h5-10,18-19,23,27-28H,11-17,20-22H2,1-4H3,(H,40,41,42)/t27-/m1/s1. The van der Waals surface area contributed by atoms with E-state index in [2.05, 4.69) is 33.3 Å². The van der Waals surface area contributed by atoms with E-state index < -0.39 is 23.0 Å². The Bertz CT molecular complexity index is 1800. The second-order valence-corrected chi connectivity index (χ2v) is 16.0. The van der Waals surface area contributed by atoms with Gasteiger partial charge in [0.25, 0.3) is 15.9 Å². The molecular weight excluding hydrogens is 671 g/mol. The van der Waals surface area contributed by atoms with Crippen LogP contribution in [0.1, 0.15) is 67.4 Å². The molecule has 4 bridgehead atoms. The zero-order valence-electron chi connectivity index (χ0n) is 28.8. The first-order chi connectivity index (χ1) is 23.6. The van der Waals surface area contributed by atoms with E-state index in [4.69, 9.17) is 4.74 Å². The number of piperidine rings is 1. The molecule has 1 N–H and O–H groups in total. The molecule has 6 rings (SSSR count). The largest absolute Gasteiger partial charge is 0.522 e. The van der Waals surface area contributed by atoms with E-state index in [-0.39, 0.29) is 64.8 Å². The van der Waals surface area contributed by atoms with Gasteiger partial charge in [-0.15, -0.1) is 13.2 Å². The van der Waals surface area contributed by atoms with Gasteiger partial charge in [-0.05, 0) is 99.7 Å². The molecule has 1 saturated carbocycles. The normalized spacial score (nSPS) is 21.1. The molecule has 50 heavy (non-hydrogen) atoms. The Balaban J connectivity index is 1.31. The van der Waals surface area contributed by atoms with Crippen molar-refractivity contribution in [2.75, 3.05) is 37.6 Å². The van der Waals surface area contributed by atoms with Crippen LogP contribution in [0, 0.1) is 25.2 Å². The number of anilines is 1. The Labute approximate surface area is 291 Å². The number of carbonyl (C=O) groups is 1. The lowest BCUT2D eigenvalue weighted by Crippen LogP contribution is -2.60. The summed E-state index contributed by atoms with van der Waals surface area (Å²) in [7, 11) is -4.18. The highest BCUT2D eigenvalue weighted by Gasteiger charge is 2.50. The number of aromatic nitrogens is 2. The Morgan fingerprint density at radius 3 is 2.38 bits per heavy atom. The van der Waals surface area contributed by atoms with Crippen molar-refractivity contribution in [1.82, 2.24) is 19.8 Å². The second-order valence-electron chi connectivity index (χ2n) is 14.3. The van der Waals surface area contributed by atoms with Gasteiger partial charge in [-0.25, -0.2) is 18.1 Å². The fraction of sp³-hybridized carbons (Fsp3) is 0.528. The summed E-state index contributed by atoms with van der Waals surface area (Å²) in [5, 5.41) is 0. The summed E-state index contributed by atoms with van der Waals surface area (Å²) in [6.45, 7) is 9.36. The molecule has 10 nitrogen and oxygen atoms in total. The van der Waals surface area contributed by atoms with E-state index in [9.17, 15) is 26.4 Å². The minimum absolute atomic E-state index is 0.0201. The first-order valence-corrected chi connectivity index (χ1v) is 18.6. The van der Waals surface area contributed by atoms with E-state index in [0.29, 0.717) is 25.2 Å². The van der Waals surface area contributed by atoms with Crippen LogP contribution in [-0.4, -0.2) is 85.4 Å². The smallest absolute Gasteiger partial charge is 0.475 e. The lowest BCUT2D eigenvalue weighted by molar-refractivity contribution is -0.325. The molecule has 14 heteroatoms. The SMILES string of the molecule is Cc1cccc(C)c1-c1cc2nc(n1)NS(=O)(=O)c1cccc(c1)C(=O)N(C1CC3(CCN(CCOC(F)(F)F)CC3)C1)[C@H](CC(C)C)CO2. The van der Waals surface area contributed by atoms with Crippen molar-refractivity contribution in [3.05, 3.63) is 65.2 Å². The molecule has 270 valence electrons. The molecule has 0 radical (unpaired) electrons. The number of likely N-dealkylation sites (tertiary alicyclic amines) is 1. The molecule has 1 aliphatic carbocycles. The van der Waals surface area contributed by atoms with E-state index in [1.54, 1.807) is 18.2 Å². The van der Waals surface area contributed by atoms with Gasteiger partial charge < -0.3 is 14.5 Å². The lowest BCUT2D eigenvalue weighted by atomic mass is 9.59. The van der Waals surface area contributed by atoms with Gasteiger partial charge >= 0.3 is 6.36 Å². The fourth-order valence-corrected chi connectivity index (χ4v) is 8.71. The Hall–Kier alpha value is -3.75. The number of aryl methyl sites for hydroxylation is 2. The van der Waals surface area contributed by atoms with Crippen LogP contribution < -0.4 is 9.46 Å². The maximum absolute atomic E-state index is 14.5. The minimum Gasteiger partial charge on any atom is -0.475 e. The molecule has 1 aromatic heterocycles. The molecule has 1 spiro atoms. The molecule has 3 heterocycles. The number of sulfonamides is 1. The van der Waals surface area contributed by atoms with Crippen molar-refractivity contribution < 1.29 is 35.9 Å². The predicted octanol–water partition coefficient (Wildman–Crippen LogP) is 6.59. The second kappa shape index (κ2) is 14.1. The highest BCUT2D eigenvalue weighted by Crippen LogP contribution is 2.52. The third-order valence-corrected chi connectivity index (χ3v) is 11.5. The van der Waals surface area contributed by atoms with Crippen molar-refractivity contribution in [3.63, 3.8) is 0 Å². The number of fused-ring (bicyclic) bond motifs is 4. The van der Waals surface area contributed by atoms with Gasteiger partial charge in [0, 0.05) is 29.8 Å². The van der Waals surface area contributed by atoms with Crippen molar-refractivity contribution in [2.24, 2.45) is 11.3 Å². The monoisotopic (exact) mass is 715 g/mol. The summed E-state index contributed by atoms with van der Waals surface area (Å²) in [4.78, 5) is 27.3. The van der Waals surface area contributed by atoms with Gasteiger partial charge in [-0.1, -0.05) is 38.1 Å². The molecule has 2 aromatic carbocycles. The highest BCUT2D eigenvalue weighted by molar-refractivity contribution is 7.92. The summed E-state index contributed by atoms with van der Waals surface area (Å²) < 4.78 is 77.6. The first kappa shape index (κ1) is 36.1. The number of hydrogen-bond acceptors (Lipinski definition) is 8. The van der Waals surface area contributed by atoms with Crippen LogP contribution in [0.4, 0.5) is 19.1 Å². The van der Waals surface area contributed by atoms with Crippen LogP contribution in [0.5, 0.6) is 5.88 Å². The minimum atomic E-state index is -4.64.